The van der Waals surface area contributed by atoms with Gasteiger partial charge in [0.2, 0.25) is 0 Å². The van der Waals surface area contributed by atoms with Crippen molar-refractivity contribution in [3.8, 4) is 11.8 Å². The van der Waals surface area contributed by atoms with Crippen LogP contribution in [0.4, 0.5) is 8.78 Å². The molecule has 0 fully saturated rings. The first kappa shape index (κ1) is 13.0. The van der Waals surface area contributed by atoms with E-state index < -0.39 is 34.1 Å². The fraction of sp³-hybridized carbons (Fsp3) is 0. The van der Waals surface area contributed by atoms with E-state index in [-0.39, 0.29) is 5.02 Å². The Balaban J connectivity index is 2.84. The van der Waals surface area contributed by atoms with Gasteiger partial charge in [0.1, 0.15) is 17.3 Å². The molecule has 0 aliphatic rings. The van der Waals surface area contributed by atoms with E-state index in [9.17, 15) is 18.4 Å². The van der Waals surface area contributed by atoms with Crippen LogP contribution in [0.15, 0.2) is 27.9 Å². The molecular weight excluding hydrogens is 280 g/mol. The molecule has 0 saturated heterocycles. The number of aromatic amines is 1. The van der Waals surface area contributed by atoms with Gasteiger partial charge in [0.25, 0.3) is 5.56 Å². The molecule has 0 aliphatic heterocycles. The molecule has 0 saturated carbocycles. The molecule has 0 radical (unpaired) electrons. The number of rotatable bonds is 1. The van der Waals surface area contributed by atoms with Gasteiger partial charge in [-0.05, 0) is 12.1 Å². The van der Waals surface area contributed by atoms with Gasteiger partial charge in [-0.15, -0.1) is 0 Å². The summed E-state index contributed by atoms with van der Waals surface area (Å²) in [5, 5.41) is 8.49. The van der Waals surface area contributed by atoms with Gasteiger partial charge in [-0.3, -0.25) is 14.3 Å². The van der Waals surface area contributed by atoms with Crippen LogP contribution >= 0.6 is 11.6 Å². The minimum Gasteiger partial charge on any atom is -0.273 e. The van der Waals surface area contributed by atoms with Gasteiger partial charge in [0, 0.05) is 11.2 Å². The second-order valence-electron chi connectivity index (χ2n) is 3.50. The summed E-state index contributed by atoms with van der Waals surface area (Å²) in [5.74, 6) is -2.19. The Morgan fingerprint density at radius 1 is 1.26 bits per heavy atom. The first-order valence-corrected chi connectivity index (χ1v) is 5.23. The van der Waals surface area contributed by atoms with E-state index in [0.29, 0.717) is 4.57 Å². The van der Waals surface area contributed by atoms with Crippen molar-refractivity contribution in [2.75, 3.05) is 0 Å². The van der Waals surface area contributed by atoms with E-state index in [0.717, 1.165) is 18.3 Å². The zero-order chi connectivity index (χ0) is 14.2. The first-order chi connectivity index (χ1) is 8.93. The summed E-state index contributed by atoms with van der Waals surface area (Å²) in [6.07, 6.45) is 0.760. The van der Waals surface area contributed by atoms with Crippen LogP contribution in [0.25, 0.3) is 5.69 Å². The SMILES string of the molecule is N#Cc1cn(-c2c(F)cc(Cl)cc2F)c(=O)[nH]c1=O. The summed E-state index contributed by atoms with van der Waals surface area (Å²) < 4.78 is 27.8. The van der Waals surface area contributed by atoms with Crippen molar-refractivity contribution in [2.45, 2.75) is 0 Å². The Morgan fingerprint density at radius 2 is 1.84 bits per heavy atom. The molecule has 0 bridgehead atoms. The predicted molar refractivity (Wildman–Crippen MR) is 62.3 cm³/mol. The van der Waals surface area contributed by atoms with Crippen LogP contribution in [-0.2, 0) is 0 Å². The molecule has 0 unspecified atom stereocenters. The third kappa shape index (κ3) is 2.26. The Morgan fingerprint density at radius 3 is 2.37 bits per heavy atom. The molecule has 1 N–H and O–H groups in total. The Kier molecular flexibility index (Phi) is 3.19. The van der Waals surface area contributed by atoms with Gasteiger partial charge < -0.3 is 0 Å². The van der Waals surface area contributed by atoms with Gasteiger partial charge in [-0.2, -0.15) is 5.26 Å². The van der Waals surface area contributed by atoms with E-state index in [2.05, 4.69) is 0 Å². The lowest BCUT2D eigenvalue weighted by molar-refractivity contribution is 0.564. The summed E-state index contributed by atoms with van der Waals surface area (Å²) in [6.45, 7) is 0. The van der Waals surface area contributed by atoms with Crippen molar-refractivity contribution in [1.82, 2.24) is 9.55 Å². The van der Waals surface area contributed by atoms with Crippen molar-refractivity contribution in [2.24, 2.45) is 0 Å². The number of nitrogens with one attached hydrogen (secondary N) is 1. The van der Waals surface area contributed by atoms with Gasteiger partial charge in [-0.25, -0.2) is 13.6 Å². The number of hydrogen-bond donors (Lipinski definition) is 1. The van der Waals surface area contributed by atoms with Crippen LogP contribution in [0.5, 0.6) is 0 Å². The fourth-order valence-corrected chi connectivity index (χ4v) is 1.67. The second kappa shape index (κ2) is 4.66. The number of aromatic nitrogens is 2. The number of nitriles is 1. The molecule has 19 heavy (non-hydrogen) atoms. The highest BCUT2D eigenvalue weighted by Crippen LogP contribution is 2.21. The second-order valence-corrected chi connectivity index (χ2v) is 3.94. The quantitative estimate of drug-likeness (QED) is 0.857. The maximum absolute atomic E-state index is 13.7. The average Bonchev–Trinajstić information content (AvgIpc) is 2.30. The number of halogens is 3. The Hall–Kier alpha value is -2.46. The lowest BCUT2D eigenvalue weighted by Crippen LogP contribution is -2.31. The standard InChI is InChI=1S/C11H4ClF2N3O2/c12-6-1-7(13)9(8(14)2-6)17-4-5(3-15)10(18)16-11(17)19/h1-2,4H,(H,16,18,19). The molecule has 1 aromatic heterocycles. The van der Waals surface area contributed by atoms with Crippen molar-refractivity contribution in [3.05, 3.63) is 61.4 Å². The maximum Gasteiger partial charge on any atom is 0.333 e. The molecule has 1 aromatic carbocycles. The first-order valence-electron chi connectivity index (χ1n) is 4.85. The molecule has 1 heterocycles. The summed E-state index contributed by atoms with van der Waals surface area (Å²) in [7, 11) is 0. The number of nitrogens with zero attached hydrogens (tertiary/aromatic N) is 2. The molecule has 0 spiro atoms. The normalized spacial score (nSPS) is 10.2. The number of hydrogen-bond acceptors (Lipinski definition) is 3. The Bertz CT molecular complexity index is 797. The predicted octanol–water partition coefficient (Wildman–Crippen LogP) is 1.33. The zero-order valence-electron chi connectivity index (χ0n) is 9.08. The molecule has 0 amide bonds. The van der Waals surface area contributed by atoms with E-state index in [4.69, 9.17) is 16.9 Å². The molecule has 0 atom stereocenters. The molecule has 0 aliphatic carbocycles. The number of H-pyrrole nitrogens is 1. The molecule has 8 heteroatoms. The van der Waals surface area contributed by atoms with E-state index in [1.807, 2.05) is 0 Å². The van der Waals surface area contributed by atoms with Crippen molar-refractivity contribution < 1.29 is 8.78 Å². The van der Waals surface area contributed by atoms with Crippen LogP contribution in [0.3, 0.4) is 0 Å². The van der Waals surface area contributed by atoms with Crippen LogP contribution in [0, 0.1) is 23.0 Å². The summed E-state index contributed by atoms with van der Waals surface area (Å²) >= 11 is 5.46. The minimum atomic E-state index is -1.09. The highest BCUT2D eigenvalue weighted by Gasteiger charge is 2.15. The molecule has 5 nitrogen and oxygen atoms in total. The lowest BCUT2D eigenvalue weighted by Gasteiger charge is -2.08. The molecular formula is C11H4ClF2N3O2. The topological polar surface area (TPSA) is 78.7 Å². The summed E-state index contributed by atoms with van der Waals surface area (Å²) in [6, 6.07) is 3.13. The van der Waals surface area contributed by atoms with Gasteiger partial charge in [-0.1, -0.05) is 11.6 Å². The number of benzene rings is 1. The van der Waals surface area contributed by atoms with E-state index in [1.165, 1.54) is 6.07 Å². The largest absolute Gasteiger partial charge is 0.333 e. The molecule has 96 valence electrons. The van der Waals surface area contributed by atoms with E-state index >= 15 is 0 Å². The van der Waals surface area contributed by atoms with Crippen LogP contribution in [0.2, 0.25) is 5.02 Å². The third-order valence-corrected chi connectivity index (χ3v) is 2.50. The highest BCUT2D eigenvalue weighted by molar-refractivity contribution is 6.30. The maximum atomic E-state index is 13.7. The smallest absolute Gasteiger partial charge is 0.273 e. The highest BCUT2D eigenvalue weighted by atomic mass is 35.5. The summed E-state index contributed by atoms with van der Waals surface area (Å²) in [4.78, 5) is 24.5. The summed E-state index contributed by atoms with van der Waals surface area (Å²) in [5.41, 5.74) is -3.17. The monoisotopic (exact) mass is 283 g/mol. The fourth-order valence-electron chi connectivity index (χ4n) is 1.48. The van der Waals surface area contributed by atoms with Crippen molar-refractivity contribution >= 4 is 11.6 Å². The third-order valence-electron chi connectivity index (χ3n) is 2.29. The molecule has 2 aromatic rings. The van der Waals surface area contributed by atoms with Crippen LogP contribution in [0.1, 0.15) is 5.56 Å². The van der Waals surface area contributed by atoms with Crippen LogP contribution < -0.4 is 11.2 Å². The molecule has 2 rings (SSSR count). The van der Waals surface area contributed by atoms with Gasteiger partial charge in [0.15, 0.2) is 11.6 Å². The average molecular weight is 284 g/mol. The zero-order valence-corrected chi connectivity index (χ0v) is 9.83. The van der Waals surface area contributed by atoms with Crippen LogP contribution in [-0.4, -0.2) is 9.55 Å². The lowest BCUT2D eigenvalue weighted by atomic mass is 10.2. The van der Waals surface area contributed by atoms with Crippen molar-refractivity contribution in [1.29, 1.82) is 5.26 Å². The minimum absolute atomic E-state index is 0.184. The van der Waals surface area contributed by atoms with Gasteiger partial charge >= 0.3 is 5.69 Å². The van der Waals surface area contributed by atoms with Gasteiger partial charge in [0.05, 0.1) is 0 Å². The van der Waals surface area contributed by atoms with Crippen molar-refractivity contribution in [3.63, 3.8) is 0 Å². The van der Waals surface area contributed by atoms with E-state index in [1.54, 1.807) is 4.98 Å². The Labute approximate surface area is 109 Å².